The maximum atomic E-state index is 12.6. The van der Waals surface area contributed by atoms with Gasteiger partial charge in [0.2, 0.25) is 0 Å². The molecule has 28 heavy (non-hydrogen) atoms. The summed E-state index contributed by atoms with van der Waals surface area (Å²) < 4.78 is 0. The maximum Gasteiger partial charge on any atom is 0.251 e. The molecule has 1 aromatic carbocycles. The second-order valence-electron chi connectivity index (χ2n) is 9.87. The van der Waals surface area contributed by atoms with E-state index in [9.17, 15) is 9.59 Å². The summed E-state index contributed by atoms with van der Waals surface area (Å²) in [6, 6.07) is 7.18. The quantitative estimate of drug-likeness (QED) is 0.783. The zero-order valence-electron chi connectivity index (χ0n) is 16.7. The fourth-order valence-electron chi connectivity index (χ4n) is 6.71. The number of carbonyl (C=O) groups excluding carboxylic acids is 2. The topological polar surface area (TPSA) is 58.2 Å². The Morgan fingerprint density at radius 3 is 1.64 bits per heavy atom. The number of nitrogens with one attached hydrogen (secondary N) is 2. The first-order valence-electron chi connectivity index (χ1n) is 11.3. The average molecular weight is 381 g/mol. The normalized spacial score (nSPS) is 35.3. The van der Waals surface area contributed by atoms with Gasteiger partial charge in [-0.15, -0.1) is 0 Å². The Kier molecular flexibility index (Phi) is 4.90. The molecule has 4 heteroatoms. The van der Waals surface area contributed by atoms with Crippen LogP contribution in [0.5, 0.6) is 0 Å². The summed E-state index contributed by atoms with van der Waals surface area (Å²) in [5, 5.41) is 6.23. The van der Waals surface area contributed by atoms with Crippen LogP contribution in [-0.4, -0.2) is 24.9 Å². The molecule has 5 rings (SSSR count). The lowest BCUT2D eigenvalue weighted by atomic mass is 9.89. The van der Waals surface area contributed by atoms with Crippen molar-refractivity contribution < 1.29 is 9.59 Å². The second kappa shape index (κ2) is 7.53. The average Bonchev–Trinajstić information content (AvgIpc) is 3.52. The third-order valence-corrected chi connectivity index (χ3v) is 8.21. The number of fused-ring (bicyclic) bond motifs is 4. The van der Waals surface area contributed by atoms with Crippen molar-refractivity contribution in [3.8, 4) is 0 Å². The molecule has 0 spiro atoms. The molecule has 0 heterocycles. The van der Waals surface area contributed by atoms with Gasteiger partial charge in [0.1, 0.15) is 0 Å². The van der Waals surface area contributed by atoms with Gasteiger partial charge in [-0.25, -0.2) is 0 Å². The van der Waals surface area contributed by atoms with Crippen molar-refractivity contribution in [2.75, 3.05) is 13.1 Å². The minimum absolute atomic E-state index is 0.0504. The molecule has 6 atom stereocenters. The second-order valence-corrected chi connectivity index (χ2v) is 9.87. The first-order chi connectivity index (χ1) is 13.7. The first kappa shape index (κ1) is 18.2. The van der Waals surface area contributed by atoms with Crippen LogP contribution in [0.4, 0.5) is 0 Å². The summed E-state index contributed by atoms with van der Waals surface area (Å²) in [6.45, 7) is 1.56. The highest BCUT2D eigenvalue weighted by Gasteiger charge is 2.40. The lowest BCUT2D eigenvalue weighted by Gasteiger charge is -2.22. The third kappa shape index (κ3) is 3.58. The van der Waals surface area contributed by atoms with Gasteiger partial charge in [-0.1, -0.05) is 18.9 Å². The highest BCUT2D eigenvalue weighted by Crippen LogP contribution is 2.48. The third-order valence-electron chi connectivity index (χ3n) is 8.21. The summed E-state index contributed by atoms with van der Waals surface area (Å²) in [5.41, 5.74) is 1.19. The highest BCUT2D eigenvalue weighted by molar-refractivity contribution is 5.99. The van der Waals surface area contributed by atoms with E-state index in [0.29, 0.717) is 23.0 Å². The van der Waals surface area contributed by atoms with Crippen LogP contribution in [0.1, 0.15) is 72.1 Å². The molecule has 4 bridgehead atoms. The van der Waals surface area contributed by atoms with Crippen LogP contribution in [0.15, 0.2) is 24.3 Å². The van der Waals surface area contributed by atoms with Gasteiger partial charge in [0, 0.05) is 24.2 Å². The predicted octanol–water partition coefficient (Wildman–Crippen LogP) is 4.02. The van der Waals surface area contributed by atoms with Gasteiger partial charge >= 0.3 is 0 Å². The minimum Gasteiger partial charge on any atom is -0.352 e. The maximum absolute atomic E-state index is 12.6. The number of benzene rings is 1. The van der Waals surface area contributed by atoms with Gasteiger partial charge in [0.05, 0.1) is 0 Å². The molecular weight excluding hydrogens is 348 g/mol. The van der Waals surface area contributed by atoms with Crippen LogP contribution in [0.2, 0.25) is 0 Å². The number of hydrogen-bond donors (Lipinski definition) is 2. The fraction of sp³-hybridized carbons (Fsp3) is 0.667. The molecule has 4 aliphatic rings. The molecule has 4 fully saturated rings. The van der Waals surface area contributed by atoms with E-state index in [1.165, 1.54) is 51.4 Å². The van der Waals surface area contributed by atoms with Gasteiger partial charge < -0.3 is 10.6 Å². The zero-order chi connectivity index (χ0) is 19.1. The number of hydrogen-bond acceptors (Lipinski definition) is 2. The van der Waals surface area contributed by atoms with Crippen molar-refractivity contribution in [1.82, 2.24) is 10.6 Å². The van der Waals surface area contributed by atoms with Crippen molar-refractivity contribution in [2.24, 2.45) is 35.5 Å². The Bertz CT molecular complexity index is 701. The molecule has 2 N–H and O–H groups in total. The van der Waals surface area contributed by atoms with E-state index in [1.54, 1.807) is 6.07 Å². The Hall–Kier alpha value is -1.84. The molecule has 4 aliphatic carbocycles. The molecule has 0 aromatic heterocycles. The van der Waals surface area contributed by atoms with Crippen LogP contribution in [0.3, 0.4) is 0 Å². The lowest BCUT2D eigenvalue weighted by Crippen LogP contribution is -2.33. The van der Waals surface area contributed by atoms with Crippen molar-refractivity contribution in [3.05, 3.63) is 35.4 Å². The lowest BCUT2D eigenvalue weighted by molar-refractivity contribution is 0.0941. The molecule has 150 valence electrons. The SMILES string of the molecule is O=C(NC[C@@H]1C[C@@H]2CC[C@@H]1C2)c1cccc(C(=O)NC[C@H]2C[C@@H]3CC[C@@H]2C3)c1. The molecule has 0 radical (unpaired) electrons. The Labute approximate surface area is 167 Å². The van der Waals surface area contributed by atoms with E-state index in [1.807, 2.05) is 18.2 Å². The molecule has 0 aliphatic heterocycles. The molecule has 4 saturated carbocycles. The van der Waals surface area contributed by atoms with E-state index in [2.05, 4.69) is 10.6 Å². The zero-order valence-corrected chi connectivity index (χ0v) is 16.7. The van der Waals surface area contributed by atoms with Crippen LogP contribution >= 0.6 is 0 Å². The largest absolute Gasteiger partial charge is 0.352 e. The van der Waals surface area contributed by atoms with Crippen molar-refractivity contribution in [3.63, 3.8) is 0 Å². The molecule has 2 amide bonds. The van der Waals surface area contributed by atoms with Crippen molar-refractivity contribution in [2.45, 2.75) is 51.4 Å². The summed E-state index contributed by atoms with van der Waals surface area (Å²) in [6.07, 6.45) is 10.7. The van der Waals surface area contributed by atoms with E-state index in [-0.39, 0.29) is 11.8 Å². The fourth-order valence-corrected chi connectivity index (χ4v) is 6.71. The Morgan fingerprint density at radius 1 is 0.750 bits per heavy atom. The van der Waals surface area contributed by atoms with Crippen LogP contribution in [0, 0.1) is 35.5 Å². The standard InChI is InChI=1S/C24H32N2O2/c27-23(25-13-21-10-15-4-6-17(21)8-15)19-2-1-3-20(12-19)24(28)26-14-22-11-16-5-7-18(22)9-16/h1-3,12,15-18,21-22H,4-11,13-14H2,(H,25,27)(H,26,28)/t15-,16-,17-,18-,21-,22+/m1/s1. The van der Waals surface area contributed by atoms with E-state index in [0.717, 1.165) is 36.8 Å². The molecule has 0 unspecified atom stereocenters. The summed E-state index contributed by atoms with van der Waals surface area (Å²) in [4.78, 5) is 25.2. The number of carbonyl (C=O) groups is 2. The van der Waals surface area contributed by atoms with E-state index in [4.69, 9.17) is 0 Å². The number of rotatable bonds is 6. The van der Waals surface area contributed by atoms with Gasteiger partial charge in [-0.2, -0.15) is 0 Å². The molecule has 0 saturated heterocycles. The van der Waals surface area contributed by atoms with Crippen LogP contribution < -0.4 is 10.6 Å². The first-order valence-corrected chi connectivity index (χ1v) is 11.3. The van der Waals surface area contributed by atoms with Crippen molar-refractivity contribution >= 4 is 11.8 Å². The molecule has 1 aromatic rings. The minimum atomic E-state index is -0.0504. The summed E-state index contributed by atoms with van der Waals surface area (Å²) in [5.74, 6) is 4.62. The van der Waals surface area contributed by atoms with E-state index >= 15 is 0 Å². The van der Waals surface area contributed by atoms with Gasteiger partial charge in [0.25, 0.3) is 11.8 Å². The molecular formula is C24H32N2O2. The smallest absolute Gasteiger partial charge is 0.251 e. The predicted molar refractivity (Wildman–Crippen MR) is 109 cm³/mol. The van der Waals surface area contributed by atoms with Gasteiger partial charge in [0.15, 0.2) is 0 Å². The molecule has 4 nitrogen and oxygen atoms in total. The van der Waals surface area contributed by atoms with Crippen LogP contribution in [0.25, 0.3) is 0 Å². The summed E-state index contributed by atoms with van der Waals surface area (Å²) in [7, 11) is 0. The Balaban J connectivity index is 1.14. The van der Waals surface area contributed by atoms with E-state index < -0.39 is 0 Å². The van der Waals surface area contributed by atoms with Gasteiger partial charge in [-0.3, -0.25) is 9.59 Å². The highest BCUT2D eigenvalue weighted by atomic mass is 16.2. The summed E-state index contributed by atoms with van der Waals surface area (Å²) >= 11 is 0. The monoisotopic (exact) mass is 380 g/mol. The van der Waals surface area contributed by atoms with Crippen molar-refractivity contribution in [1.29, 1.82) is 0 Å². The van der Waals surface area contributed by atoms with Gasteiger partial charge in [-0.05, 0) is 92.2 Å². The Morgan fingerprint density at radius 2 is 1.25 bits per heavy atom. The van der Waals surface area contributed by atoms with Crippen LogP contribution in [-0.2, 0) is 0 Å². The number of amides is 2.